The van der Waals surface area contributed by atoms with Crippen molar-refractivity contribution in [2.75, 3.05) is 0 Å². The minimum absolute atomic E-state index is 0.160. The summed E-state index contributed by atoms with van der Waals surface area (Å²) in [6.45, 7) is 0. The molecule has 0 fully saturated rings. The smallest absolute Gasteiger partial charge is 0.134 e. The van der Waals surface area contributed by atoms with Gasteiger partial charge in [0.1, 0.15) is 17.7 Å². The highest BCUT2D eigenvalue weighted by molar-refractivity contribution is 5.65. The quantitative estimate of drug-likeness (QED) is 0.734. The van der Waals surface area contributed by atoms with E-state index in [0.717, 1.165) is 12.1 Å². The molecule has 16 heavy (non-hydrogen) atoms. The van der Waals surface area contributed by atoms with E-state index in [0.29, 0.717) is 0 Å². The first-order valence-electron chi connectivity index (χ1n) is 4.52. The Kier molecular flexibility index (Phi) is 2.61. The fourth-order valence-corrected chi connectivity index (χ4v) is 1.41. The number of hydrogen-bond donors (Lipinski definition) is 0. The molecule has 0 saturated carbocycles. The molecule has 78 valence electrons. The molecule has 0 N–H and O–H groups in total. The molecular weight excluding hydrogens is 210 g/mol. The SMILES string of the molecule is N#Cc1cncc(-c2c(F)cccc2F)c1. The molecule has 0 spiro atoms. The summed E-state index contributed by atoms with van der Waals surface area (Å²) in [5, 5.41) is 8.67. The van der Waals surface area contributed by atoms with Crippen LogP contribution in [-0.2, 0) is 0 Å². The molecule has 4 heteroatoms. The molecule has 1 aromatic carbocycles. The van der Waals surface area contributed by atoms with Crippen LogP contribution in [0.3, 0.4) is 0 Å². The minimum atomic E-state index is -0.670. The predicted octanol–water partition coefficient (Wildman–Crippen LogP) is 2.90. The van der Waals surface area contributed by atoms with Crippen LogP contribution in [0.1, 0.15) is 5.56 Å². The van der Waals surface area contributed by atoms with Gasteiger partial charge in [-0.05, 0) is 18.2 Å². The number of aromatic nitrogens is 1. The van der Waals surface area contributed by atoms with Crippen LogP contribution in [0.15, 0.2) is 36.7 Å². The first-order chi connectivity index (χ1) is 7.72. The molecule has 2 aromatic rings. The van der Waals surface area contributed by atoms with Gasteiger partial charge in [-0.2, -0.15) is 5.26 Å². The highest BCUT2D eigenvalue weighted by atomic mass is 19.1. The van der Waals surface area contributed by atoms with Crippen LogP contribution in [0.2, 0.25) is 0 Å². The van der Waals surface area contributed by atoms with Crippen LogP contribution in [0.25, 0.3) is 11.1 Å². The largest absolute Gasteiger partial charge is 0.263 e. The molecule has 0 atom stereocenters. The number of nitrogens with zero attached hydrogens (tertiary/aromatic N) is 2. The molecule has 2 nitrogen and oxygen atoms in total. The van der Waals surface area contributed by atoms with Gasteiger partial charge < -0.3 is 0 Å². The van der Waals surface area contributed by atoms with E-state index in [4.69, 9.17) is 5.26 Å². The van der Waals surface area contributed by atoms with Crippen LogP contribution < -0.4 is 0 Å². The third-order valence-corrected chi connectivity index (χ3v) is 2.12. The van der Waals surface area contributed by atoms with Crippen molar-refractivity contribution in [1.82, 2.24) is 4.98 Å². The maximum Gasteiger partial charge on any atom is 0.134 e. The van der Waals surface area contributed by atoms with Gasteiger partial charge in [0.25, 0.3) is 0 Å². The molecule has 0 aliphatic rings. The minimum Gasteiger partial charge on any atom is -0.263 e. The molecule has 0 saturated heterocycles. The summed E-state index contributed by atoms with van der Waals surface area (Å²) >= 11 is 0. The van der Waals surface area contributed by atoms with Crippen molar-refractivity contribution in [3.05, 3.63) is 53.9 Å². The van der Waals surface area contributed by atoms with Crippen LogP contribution in [0.5, 0.6) is 0 Å². The molecule has 0 amide bonds. The van der Waals surface area contributed by atoms with E-state index in [1.54, 1.807) is 0 Å². The number of nitriles is 1. The fourth-order valence-electron chi connectivity index (χ4n) is 1.41. The monoisotopic (exact) mass is 216 g/mol. The Hall–Kier alpha value is -2.28. The lowest BCUT2D eigenvalue weighted by molar-refractivity contribution is 0.589. The third kappa shape index (κ3) is 1.75. The average molecular weight is 216 g/mol. The summed E-state index contributed by atoms with van der Waals surface area (Å²) in [6, 6.07) is 6.88. The van der Waals surface area contributed by atoms with Crippen LogP contribution in [0, 0.1) is 23.0 Å². The second-order valence-electron chi connectivity index (χ2n) is 3.17. The Labute approximate surface area is 90.8 Å². The summed E-state index contributed by atoms with van der Waals surface area (Å²) in [7, 11) is 0. The van der Waals surface area contributed by atoms with Gasteiger partial charge in [0.15, 0.2) is 0 Å². The first kappa shape index (κ1) is 10.2. The van der Waals surface area contributed by atoms with Gasteiger partial charge in [-0.1, -0.05) is 6.07 Å². The van der Waals surface area contributed by atoms with Crippen molar-refractivity contribution in [3.63, 3.8) is 0 Å². The Bertz CT molecular complexity index is 553. The number of rotatable bonds is 1. The second-order valence-corrected chi connectivity index (χ2v) is 3.17. The number of pyridine rings is 1. The fraction of sp³-hybridized carbons (Fsp3) is 0. The van der Waals surface area contributed by atoms with Gasteiger partial charge in [0.2, 0.25) is 0 Å². The molecule has 0 radical (unpaired) electrons. The van der Waals surface area contributed by atoms with Gasteiger partial charge in [-0.3, -0.25) is 4.98 Å². The molecular formula is C12H6F2N2. The number of hydrogen-bond acceptors (Lipinski definition) is 2. The van der Waals surface area contributed by atoms with E-state index < -0.39 is 11.6 Å². The summed E-state index contributed by atoms with van der Waals surface area (Å²) in [5.74, 6) is -1.34. The maximum atomic E-state index is 13.4. The van der Waals surface area contributed by atoms with Crippen molar-refractivity contribution >= 4 is 0 Å². The molecule has 0 aliphatic carbocycles. The zero-order valence-electron chi connectivity index (χ0n) is 8.11. The lowest BCUT2D eigenvalue weighted by atomic mass is 10.1. The van der Waals surface area contributed by atoms with E-state index in [-0.39, 0.29) is 16.7 Å². The Balaban J connectivity index is 2.64. The molecule has 1 heterocycles. The van der Waals surface area contributed by atoms with Crippen LogP contribution >= 0.6 is 0 Å². The summed E-state index contributed by atoms with van der Waals surface area (Å²) in [5.41, 5.74) is 0.363. The Morgan fingerprint density at radius 3 is 2.44 bits per heavy atom. The topological polar surface area (TPSA) is 36.7 Å². The third-order valence-electron chi connectivity index (χ3n) is 2.12. The van der Waals surface area contributed by atoms with E-state index in [2.05, 4.69) is 4.98 Å². The van der Waals surface area contributed by atoms with Gasteiger partial charge in [-0.25, -0.2) is 8.78 Å². The molecule has 0 bridgehead atoms. The number of halogens is 2. The summed E-state index contributed by atoms with van der Waals surface area (Å²) in [4.78, 5) is 3.76. The zero-order valence-corrected chi connectivity index (χ0v) is 8.11. The van der Waals surface area contributed by atoms with E-state index in [1.165, 1.54) is 24.5 Å². The molecule has 1 aromatic heterocycles. The molecule has 0 aliphatic heterocycles. The van der Waals surface area contributed by atoms with Gasteiger partial charge in [-0.15, -0.1) is 0 Å². The van der Waals surface area contributed by atoms with E-state index in [1.807, 2.05) is 6.07 Å². The Morgan fingerprint density at radius 1 is 1.12 bits per heavy atom. The second kappa shape index (κ2) is 4.07. The first-order valence-corrected chi connectivity index (χ1v) is 4.52. The van der Waals surface area contributed by atoms with Gasteiger partial charge in [0.05, 0.1) is 11.1 Å². The van der Waals surface area contributed by atoms with Crippen molar-refractivity contribution in [3.8, 4) is 17.2 Å². The normalized spacial score (nSPS) is 9.81. The highest BCUT2D eigenvalue weighted by Crippen LogP contribution is 2.25. The van der Waals surface area contributed by atoms with Gasteiger partial charge >= 0.3 is 0 Å². The standard InChI is InChI=1S/C12H6F2N2/c13-10-2-1-3-11(14)12(10)9-4-8(5-15)6-16-7-9/h1-4,6-7H. The predicted molar refractivity (Wildman–Crippen MR) is 54.3 cm³/mol. The summed E-state index contributed by atoms with van der Waals surface area (Å²) in [6.07, 6.45) is 2.66. The maximum absolute atomic E-state index is 13.4. The zero-order chi connectivity index (χ0) is 11.5. The Morgan fingerprint density at radius 2 is 1.81 bits per heavy atom. The van der Waals surface area contributed by atoms with Crippen molar-refractivity contribution in [2.45, 2.75) is 0 Å². The van der Waals surface area contributed by atoms with Gasteiger partial charge in [0, 0.05) is 18.0 Å². The highest BCUT2D eigenvalue weighted by Gasteiger charge is 2.11. The van der Waals surface area contributed by atoms with Crippen LogP contribution in [0.4, 0.5) is 8.78 Å². The van der Waals surface area contributed by atoms with E-state index in [9.17, 15) is 8.78 Å². The van der Waals surface area contributed by atoms with Crippen molar-refractivity contribution in [1.29, 1.82) is 5.26 Å². The van der Waals surface area contributed by atoms with E-state index >= 15 is 0 Å². The lowest BCUT2D eigenvalue weighted by Crippen LogP contribution is -1.91. The lowest BCUT2D eigenvalue weighted by Gasteiger charge is -2.04. The molecule has 0 unspecified atom stereocenters. The molecule has 2 rings (SSSR count). The number of benzene rings is 1. The summed E-state index contributed by atoms with van der Waals surface area (Å²) < 4.78 is 26.8. The average Bonchev–Trinajstić information content (AvgIpc) is 2.29. The van der Waals surface area contributed by atoms with Crippen LogP contribution in [-0.4, -0.2) is 4.98 Å². The van der Waals surface area contributed by atoms with Crippen molar-refractivity contribution < 1.29 is 8.78 Å². The van der Waals surface area contributed by atoms with Crippen molar-refractivity contribution in [2.24, 2.45) is 0 Å².